The van der Waals surface area contributed by atoms with Gasteiger partial charge in [0, 0.05) is 0 Å². The summed E-state index contributed by atoms with van der Waals surface area (Å²) in [5.74, 6) is 1.09. The zero-order valence-electron chi connectivity index (χ0n) is 11.8. The Morgan fingerprint density at radius 2 is 1.76 bits per heavy atom. The van der Waals surface area contributed by atoms with Gasteiger partial charge in [0.15, 0.2) is 0 Å². The lowest BCUT2D eigenvalue weighted by atomic mass is 10.1. The van der Waals surface area contributed by atoms with Gasteiger partial charge in [-0.25, -0.2) is 0 Å². The van der Waals surface area contributed by atoms with Gasteiger partial charge < -0.3 is 9.33 Å². The Morgan fingerprint density at radius 3 is 2.35 bits per heavy atom. The summed E-state index contributed by atoms with van der Waals surface area (Å²) in [7, 11) is 2.73. The molecule has 0 N–H and O–H groups in total. The van der Waals surface area contributed by atoms with E-state index < -0.39 is 8.32 Å². The number of nitrogens with zero attached hydrogens (tertiary/aromatic N) is 1. The molecule has 0 saturated heterocycles. The van der Waals surface area contributed by atoms with Crippen molar-refractivity contribution in [3.8, 4) is 5.75 Å². The van der Waals surface area contributed by atoms with Crippen molar-refractivity contribution in [2.75, 3.05) is 20.6 Å². The van der Waals surface area contributed by atoms with Crippen LogP contribution in [-0.2, 0) is 6.42 Å². The van der Waals surface area contributed by atoms with Gasteiger partial charge >= 0.3 is 0 Å². The fourth-order valence-corrected chi connectivity index (χ4v) is 2.58. The summed E-state index contributed by atoms with van der Waals surface area (Å²) >= 11 is 0. The summed E-state index contributed by atoms with van der Waals surface area (Å²) < 4.78 is 6.12. The summed E-state index contributed by atoms with van der Waals surface area (Å²) in [6.45, 7) is 7.80. The van der Waals surface area contributed by atoms with Crippen LogP contribution in [0.2, 0.25) is 19.6 Å². The molecule has 1 aromatic rings. The highest BCUT2D eigenvalue weighted by Gasteiger charge is 2.17. The van der Waals surface area contributed by atoms with E-state index in [2.05, 4.69) is 62.9 Å². The molecule has 0 heterocycles. The van der Waals surface area contributed by atoms with Crippen LogP contribution in [0.5, 0.6) is 5.75 Å². The van der Waals surface area contributed by atoms with Crippen molar-refractivity contribution in [2.45, 2.75) is 32.5 Å². The second-order valence-corrected chi connectivity index (χ2v) is 10.2. The van der Waals surface area contributed by atoms with E-state index in [1.807, 2.05) is 0 Å². The fraction of sp³-hybridized carbons (Fsp3) is 0.571. The molecular weight excluding hydrogens is 226 g/mol. The average Bonchev–Trinajstić information content (AvgIpc) is 2.17. The highest BCUT2D eigenvalue weighted by Crippen LogP contribution is 2.22. The molecule has 0 spiro atoms. The number of para-hydroxylation sites is 1. The maximum absolute atomic E-state index is 6.12. The van der Waals surface area contributed by atoms with Crippen LogP contribution < -0.4 is 4.43 Å². The highest BCUT2D eigenvalue weighted by atomic mass is 28.4. The molecule has 0 atom stereocenters. The lowest BCUT2D eigenvalue weighted by Crippen LogP contribution is -2.29. The van der Waals surface area contributed by atoms with Crippen LogP contribution in [0, 0.1) is 0 Å². The molecule has 0 amide bonds. The summed E-state index contributed by atoms with van der Waals surface area (Å²) in [6.07, 6.45) is 2.28. The van der Waals surface area contributed by atoms with E-state index in [0.717, 1.165) is 18.7 Å². The zero-order valence-corrected chi connectivity index (χ0v) is 12.8. The third-order valence-electron chi connectivity index (χ3n) is 2.44. The zero-order chi connectivity index (χ0) is 12.9. The molecule has 17 heavy (non-hydrogen) atoms. The van der Waals surface area contributed by atoms with Gasteiger partial charge in [-0.3, -0.25) is 0 Å². The smallest absolute Gasteiger partial charge is 0.242 e. The van der Waals surface area contributed by atoms with Crippen molar-refractivity contribution in [3.05, 3.63) is 29.8 Å². The molecule has 0 aliphatic heterocycles. The largest absolute Gasteiger partial charge is 0.544 e. The molecule has 3 heteroatoms. The Labute approximate surface area is 107 Å². The van der Waals surface area contributed by atoms with E-state index in [1.165, 1.54) is 12.0 Å². The summed E-state index contributed by atoms with van der Waals surface area (Å²) in [6, 6.07) is 8.45. The second-order valence-electron chi connectivity index (χ2n) is 5.73. The summed E-state index contributed by atoms with van der Waals surface area (Å²) in [5, 5.41) is 0. The van der Waals surface area contributed by atoms with Crippen LogP contribution in [0.3, 0.4) is 0 Å². The van der Waals surface area contributed by atoms with Crippen molar-refractivity contribution in [3.63, 3.8) is 0 Å². The van der Waals surface area contributed by atoms with Gasteiger partial charge in [0.25, 0.3) is 0 Å². The van der Waals surface area contributed by atoms with Gasteiger partial charge in [-0.1, -0.05) is 18.2 Å². The third kappa shape index (κ3) is 5.89. The van der Waals surface area contributed by atoms with Crippen molar-refractivity contribution >= 4 is 8.32 Å². The van der Waals surface area contributed by atoms with Gasteiger partial charge in [-0.05, 0) is 64.8 Å². The van der Waals surface area contributed by atoms with E-state index in [9.17, 15) is 0 Å². The minimum Gasteiger partial charge on any atom is -0.544 e. The molecule has 0 aliphatic carbocycles. The van der Waals surface area contributed by atoms with Gasteiger partial charge in [-0.2, -0.15) is 0 Å². The lowest BCUT2D eigenvalue weighted by Gasteiger charge is -2.21. The molecule has 2 nitrogen and oxygen atoms in total. The van der Waals surface area contributed by atoms with E-state index in [4.69, 9.17) is 4.43 Å². The Kier molecular flexibility index (Phi) is 5.21. The summed E-state index contributed by atoms with van der Waals surface area (Å²) in [4.78, 5) is 2.22. The Bertz CT molecular complexity index is 344. The van der Waals surface area contributed by atoms with E-state index >= 15 is 0 Å². The quantitative estimate of drug-likeness (QED) is 0.719. The Hall–Kier alpha value is -0.803. The number of hydrogen-bond acceptors (Lipinski definition) is 2. The molecule has 1 aromatic carbocycles. The molecule has 0 radical (unpaired) electrons. The first-order valence-corrected chi connectivity index (χ1v) is 9.71. The third-order valence-corrected chi connectivity index (χ3v) is 3.27. The van der Waals surface area contributed by atoms with E-state index in [0.29, 0.717) is 0 Å². The van der Waals surface area contributed by atoms with Crippen LogP contribution in [0.15, 0.2) is 24.3 Å². The SMILES string of the molecule is CN(C)CCCc1ccccc1O[Si](C)(C)C. The first-order chi connectivity index (χ1) is 7.88. The Balaban J connectivity index is 2.64. The minimum absolute atomic E-state index is 1.09. The molecule has 0 saturated carbocycles. The van der Waals surface area contributed by atoms with Gasteiger partial charge in [0.05, 0.1) is 0 Å². The van der Waals surface area contributed by atoms with Gasteiger partial charge in [0.1, 0.15) is 5.75 Å². The normalized spacial score (nSPS) is 11.9. The topological polar surface area (TPSA) is 12.5 Å². The Morgan fingerprint density at radius 1 is 1.12 bits per heavy atom. The minimum atomic E-state index is -1.50. The molecule has 1 rings (SSSR count). The monoisotopic (exact) mass is 251 g/mol. The fourth-order valence-electron chi connectivity index (χ4n) is 1.73. The van der Waals surface area contributed by atoms with Crippen LogP contribution >= 0.6 is 0 Å². The second kappa shape index (κ2) is 6.22. The van der Waals surface area contributed by atoms with Crippen molar-refractivity contribution in [2.24, 2.45) is 0 Å². The van der Waals surface area contributed by atoms with Crippen LogP contribution in [0.4, 0.5) is 0 Å². The number of aryl methyl sites for hydroxylation is 1. The van der Waals surface area contributed by atoms with Crippen LogP contribution in [0.1, 0.15) is 12.0 Å². The lowest BCUT2D eigenvalue weighted by molar-refractivity contribution is 0.399. The maximum Gasteiger partial charge on any atom is 0.242 e. The maximum atomic E-state index is 6.12. The predicted octanol–water partition coefficient (Wildman–Crippen LogP) is 3.39. The molecule has 0 bridgehead atoms. The van der Waals surface area contributed by atoms with Crippen molar-refractivity contribution in [1.29, 1.82) is 0 Å². The molecule has 0 aromatic heterocycles. The van der Waals surface area contributed by atoms with Gasteiger partial charge in [-0.15, -0.1) is 0 Å². The predicted molar refractivity (Wildman–Crippen MR) is 77.3 cm³/mol. The molecule has 96 valence electrons. The van der Waals surface area contributed by atoms with Crippen molar-refractivity contribution < 1.29 is 4.43 Å². The van der Waals surface area contributed by atoms with E-state index in [1.54, 1.807) is 0 Å². The van der Waals surface area contributed by atoms with Gasteiger partial charge in [0.2, 0.25) is 8.32 Å². The first kappa shape index (κ1) is 14.3. The molecule has 0 aliphatic rings. The molecule has 0 fully saturated rings. The standard InChI is InChI=1S/C14H25NOSi/c1-15(2)12-8-10-13-9-6-7-11-14(13)16-17(3,4)5/h6-7,9,11H,8,10,12H2,1-5H3. The number of rotatable bonds is 6. The van der Waals surface area contributed by atoms with Crippen LogP contribution in [0.25, 0.3) is 0 Å². The van der Waals surface area contributed by atoms with E-state index in [-0.39, 0.29) is 0 Å². The van der Waals surface area contributed by atoms with Crippen molar-refractivity contribution in [1.82, 2.24) is 4.90 Å². The number of benzene rings is 1. The average molecular weight is 251 g/mol. The highest BCUT2D eigenvalue weighted by molar-refractivity contribution is 6.70. The van der Waals surface area contributed by atoms with Crippen LogP contribution in [-0.4, -0.2) is 33.9 Å². The first-order valence-electron chi connectivity index (χ1n) is 6.30. The number of hydrogen-bond donors (Lipinski definition) is 0. The molecular formula is C14H25NOSi. The summed E-state index contributed by atoms with van der Waals surface area (Å²) in [5.41, 5.74) is 1.34. The molecule has 0 unspecified atom stereocenters.